The van der Waals surface area contributed by atoms with Gasteiger partial charge in [-0.3, -0.25) is 10.2 Å². The minimum Gasteiger partial charge on any atom is -0.365 e. The number of allylic oxidation sites excluding steroid dienone is 1. The highest BCUT2D eigenvalue weighted by atomic mass is 79.9. The second-order valence-corrected chi connectivity index (χ2v) is 7.12. The largest absolute Gasteiger partial charge is 0.432 e. The van der Waals surface area contributed by atoms with Crippen LogP contribution in [0.5, 0.6) is 0 Å². The Bertz CT molecular complexity index is 667. The number of hydrogen-bond acceptors (Lipinski definition) is 3. The van der Waals surface area contributed by atoms with Crippen LogP contribution in [0.25, 0.3) is 0 Å². The highest BCUT2D eigenvalue weighted by Gasteiger charge is 2.55. The summed E-state index contributed by atoms with van der Waals surface area (Å²) in [6.07, 6.45) is -4.07. The molecule has 1 unspecified atom stereocenters. The predicted molar refractivity (Wildman–Crippen MR) is 82.0 cm³/mol. The number of nitrogens with one attached hydrogen (secondary N) is 1. The predicted octanol–water partition coefficient (Wildman–Crippen LogP) is 3.59. The summed E-state index contributed by atoms with van der Waals surface area (Å²) < 4.78 is 39.5. The second kappa shape index (κ2) is 5.52. The maximum Gasteiger partial charge on any atom is 0.432 e. The number of rotatable bonds is 1. The van der Waals surface area contributed by atoms with Gasteiger partial charge in [-0.2, -0.15) is 13.2 Å². The average molecular weight is 393 g/mol. The molecule has 126 valence electrons. The molecule has 0 aromatic heterocycles. The molecule has 4 nitrogen and oxygen atoms in total. The molecule has 1 atom stereocenters. The molecule has 0 fully saturated rings. The third-order valence-electron chi connectivity index (χ3n) is 3.64. The molecule has 1 amide bonds. The number of carbonyl (C=O) groups excluding carboxylic acids is 1. The number of alkyl halides is 3. The van der Waals surface area contributed by atoms with Crippen LogP contribution in [0.3, 0.4) is 0 Å². The zero-order valence-corrected chi connectivity index (χ0v) is 14.3. The van der Waals surface area contributed by atoms with Crippen molar-refractivity contribution in [2.75, 3.05) is 0 Å². The zero-order chi connectivity index (χ0) is 17.6. The molecular weight excluding hydrogens is 377 g/mol. The number of benzene rings is 1. The van der Waals surface area contributed by atoms with E-state index in [1.54, 1.807) is 39.0 Å². The first kappa shape index (κ1) is 17.8. The van der Waals surface area contributed by atoms with E-state index in [4.69, 9.17) is 0 Å². The Morgan fingerprint density at radius 1 is 1.26 bits per heavy atom. The molecular formula is C15H16BrF3N2O2. The highest BCUT2D eigenvalue weighted by Crippen LogP contribution is 2.42. The van der Waals surface area contributed by atoms with Gasteiger partial charge in [-0.15, -0.1) is 0 Å². The number of aliphatic hydroxyl groups is 1. The Morgan fingerprint density at radius 2 is 1.83 bits per heavy atom. The fourth-order valence-electron chi connectivity index (χ4n) is 2.16. The minimum absolute atomic E-state index is 0.138. The molecule has 1 aliphatic rings. The Morgan fingerprint density at radius 3 is 2.30 bits per heavy atom. The molecule has 8 heteroatoms. The first-order valence-electron chi connectivity index (χ1n) is 6.76. The van der Waals surface area contributed by atoms with Crippen molar-refractivity contribution in [2.24, 2.45) is 5.41 Å². The molecule has 0 aliphatic carbocycles. The number of amides is 1. The van der Waals surface area contributed by atoms with E-state index >= 15 is 0 Å². The summed E-state index contributed by atoms with van der Waals surface area (Å²) in [5, 5.41) is 11.4. The van der Waals surface area contributed by atoms with Crippen LogP contribution in [0, 0.1) is 5.41 Å². The van der Waals surface area contributed by atoms with E-state index in [2.05, 4.69) is 15.9 Å². The molecule has 0 spiro atoms. The molecule has 0 bridgehead atoms. The van der Waals surface area contributed by atoms with Gasteiger partial charge in [0.05, 0.1) is 5.56 Å². The first-order chi connectivity index (χ1) is 10.4. The van der Waals surface area contributed by atoms with Crippen LogP contribution in [0.15, 0.2) is 40.5 Å². The van der Waals surface area contributed by atoms with Crippen molar-refractivity contribution in [1.82, 2.24) is 10.4 Å². The van der Waals surface area contributed by atoms with Gasteiger partial charge < -0.3 is 5.11 Å². The van der Waals surface area contributed by atoms with E-state index in [0.29, 0.717) is 15.6 Å². The van der Waals surface area contributed by atoms with Crippen molar-refractivity contribution in [2.45, 2.75) is 32.7 Å². The van der Waals surface area contributed by atoms with Gasteiger partial charge in [0.15, 0.2) is 5.72 Å². The van der Waals surface area contributed by atoms with Crippen LogP contribution in [0.4, 0.5) is 13.2 Å². The summed E-state index contributed by atoms with van der Waals surface area (Å²) in [6, 6.07) is 6.32. The summed E-state index contributed by atoms with van der Waals surface area (Å²) in [4.78, 5) is 12.7. The lowest BCUT2D eigenvalue weighted by molar-refractivity contribution is -0.130. The zero-order valence-electron chi connectivity index (χ0n) is 12.7. The normalized spacial score (nSPS) is 21.9. The summed E-state index contributed by atoms with van der Waals surface area (Å²) >= 11 is 3.19. The smallest absolute Gasteiger partial charge is 0.365 e. The molecule has 1 aliphatic heterocycles. The van der Waals surface area contributed by atoms with E-state index in [1.807, 2.05) is 5.43 Å². The molecule has 2 rings (SSSR count). The molecule has 1 aromatic rings. The number of hydrogen-bond donors (Lipinski definition) is 2. The molecule has 2 N–H and O–H groups in total. The van der Waals surface area contributed by atoms with E-state index in [9.17, 15) is 23.1 Å². The van der Waals surface area contributed by atoms with E-state index in [-0.39, 0.29) is 5.56 Å². The standard InChI is InChI=1S/C15H16BrF3N2O2/c1-13(2,3)14(23)8-11(15(17,18)19)20-21(14)12(22)9-6-4-5-7-10(9)16/h4-8,20,23H,1-3H3. The van der Waals surface area contributed by atoms with Crippen molar-refractivity contribution in [1.29, 1.82) is 0 Å². The van der Waals surface area contributed by atoms with Crippen molar-refractivity contribution in [3.63, 3.8) is 0 Å². The third kappa shape index (κ3) is 3.10. The van der Waals surface area contributed by atoms with E-state index in [0.717, 1.165) is 0 Å². The number of nitrogens with zero attached hydrogens (tertiary/aromatic N) is 1. The quantitative estimate of drug-likeness (QED) is 0.767. The summed E-state index contributed by atoms with van der Waals surface area (Å²) in [7, 11) is 0. The topological polar surface area (TPSA) is 52.6 Å². The Labute approximate surface area is 140 Å². The van der Waals surface area contributed by atoms with Crippen LogP contribution in [0.1, 0.15) is 31.1 Å². The second-order valence-electron chi connectivity index (χ2n) is 6.26. The number of carbonyl (C=O) groups is 1. The highest BCUT2D eigenvalue weighted by molar-refractivity contribution is 9.10. The van der Waals surface area contributed by atoms with Gasteiger partial charge in [-0.05, 0) is 28.1 Å². The Balaban J connectivity index is 2.50. The van der Waals surface area contributed by atoms with Crippen LogP contribution in [-0.2, 0) is 0 Å². The van der Waals surface area contributed by atoms with Crippen LogP contribution in [0.2, 0.25) is 0 Å². The molecule has 0 radical (unpaired) electrons. The molecule has 0 saturated carbocycles. The van der Waals surface area contributed by atoms with Crippen molar-refractivity contribution in [3.05, 3.63) is 46.1 Å². The fraction of sp³-hybridized carbons (Fsp3) is 0.400. The Hall–Kier alpha value is -1.54. The van der Waals surface area contributed by atoms with Crippen molar-refractivity contribution >= 4 is 21.8 Å². The van der Waals surface area contributed by atoms with E-state index in [1.165, 1.54) is 6.07 Å². The van der Waals surface area contributed by atoms with Crippen LogP contribution in [-0.4, -0.2) is 27.9 Å². The number of hydrazine groups is 1. The van der Waals surface area contributed by atoms with E-state index < -0.39 is 28.9 Å². The lowest BCUT2D eigenvalue weighted by Gasteiger charge is -2.42. The third-order valence-corrected chi connectivity index (χ3v) is 4.33. The summed E-state index contributed by atoms with van der Waals surface area (Å²) in [5.41, 5.74) is -2.22. The number of halogens is 4. The lowest BCUT2D eigenvalue weighted by atomic mass is 9.82. The van der Waals surface area contributed by atoms with Crippen molar-refractivity contribution < 1.29 is 23.1 Å². The van der Waals surface area contributed by atoms with Crippen LogP contribution < -0.4 is 5.43 Å². The molecule has 1 aromatic carbocycles. The van der Waals surface area contributed by atoms with Gasteiger partial charge in [0, 0.05) is 16.0 Å². The van der Waals surface area contributed by atoms with Crippen molar-refractivity contribution in [3.8, 4) is 0 Å². The first-order valence-corrected chi connectivity index (χ1v) is 7.55. The summed E-state index contributed by atoms with van der Waals surface area (Å²) in [6.45, 7) is 4.64. The minimum atomic E-state index is -4.71. The van der Waals surface area contributed by atoms with Gasteiger partial charge in [0.1, 0.15) is 5.70 Å². The molecule has 1 heterocycles. The maximum absolute atomic E-state index is 13.0. The molecule has 0 saturated heterocycles. The average Bonchev–Trinajstić information content (AvgIpc) is 2.77. The lowest BCUT2D eigenvalue weighted by Crippen LogP contribution is -2.59. The van der Waals surface area contributed by atoms with Crippen LogP contribution >= 0.6 is 15.9 Å². The van der Waals surface area contributed by atoms with Gasteiger partial charge in [-0.1, -0.05) is 32.9 Å². The SMILES string of the molecule is CC(C)(C)C1(O)C=C(C(F)(F)F)NN1C(=O)c1ccccc1Br. The van der Waals surface area contributed by atoms with Gasteiger partial charge in [-0.25, -0.2) is 5.01 Å². The Kier molecular flexibility index (Phi) is 4.28. The maximum atomic E-state index is 13.0. The fourth-order valence-corrected chi connectivity index (χ4v) is 2.62. The molecule has 23 heavy (non-hydrogen) atoms. The monoisotopic (exact) mass is 392 g/mol. The van der Waals surface area contributed by atoms with Gasteiger partial charge >= 0.3 is 6.18 Å². The van der Waals surface area contributed by atoms with Gasteiger partial charge in [0.2, 0.25) is 0 Å². The van der Waals surface area contributed by atoms with Gasteiger partial charge in [0.25, 0.3) is 5.91 Å². The summed E-state index contributed by atoms with van der Waals surface area (Å²) in [5.74, 6) is -0.773.